The summed E-state index contributed by atoms with van der Waals surface area (Å²) in [5.41, 5.74) is 1.33. The molecule has 136 valence electrons. The van der Waals surface area contributed by atoms with E-state index in [1.807, 2.05) is 0 Å². The maximum Gasteiger partial charge on any atom is 0.336 e. The Bertz CT molecular complexity index is 970. The van der Waals surface area contributed by atoms with Crippen LogP contribution in [0.4, 0.5) is 5.69 Å². The number of anilines is 1. The van der Waals surface area contributed by atoms with Gasteiger partial charge in [-0.25, -0.2) is 4.79 Å². The SMILES string of the molecule is COc1cc(NCc2cc(=O)oc3cc(O)ccc23)cc(OC)c1OC. The molecule has 0 saturated heterocycles. The number of fused-ring (bicyclic) bond motifs is 1. The predicted molar refractivity (Wildman–Crippen MR) is 97.6 cm³/mol. The van der Waals surface area contributed by atoms with E-state index < -0.39 is 5.63 Å². The molecule has 2 N–H and O–H groups in total. The Balaban J connectivity index is 1.94. The summed E-state index contributed by atoms with van der Waals surface area (Å²) in [4.78, 5) is 11.8. The Morgan fingerprint density at radius 3 is 2.31 bits per heavy atom. The Labute approximate surface area is 149 Å². The summed E-state index contributed by atoms with van der Waals surface area (Å²) in [6.45, 7) is 0.367. The van der Waals surface area contributed by atoms with Crippen molar-refractivity contribution in [3.8, 4) is 23.0 Å². The topological polar surface area (TPSA) is 90.2 Å². The second-order valence-electron chi connectivity index (χ2n) is 5.54. The number of phenols is 1. The zero-order valence-corrected chi connectivity index (χ0v) is 14.7. The highest BCUT2D eigenvalue weighted by Crippen LogP contribution is 2.40. The number of ether oxygens (including phenoxy) is 3. The van der Waals surface area contributed by atoms with E-state index in [2.05, 4.69) is 5.32 Å². The van der Waals surface area contributed by atoms with Crippen molar-refractivity contribution in [2.75, 3.05) is 26.6 Å². The van der Waals surface area contributed by atoms with Crippen molar-refractivity contribution in [2.45, 2.75) is 6.54 Å². The molecule has 2 aromatic carbocycles. The van der Waals surface area contributed by atoms with Gasteiger partial charge in [0.1, 0.15) is 11.3 Å². The largest absolute Gasteiger partial charge is 0.508 e. The predicted octanol–water partition coefficient (Wildman–Crippen LogP) is 3.14. The molecule has 3 rings (SSSR count). The van der Waals surface area contributed by atoms with Gasteiger partial charge in [0.05, 0.1) is 21.3 Å². The maximum absolute atomic E-state index is 11.8. The third-order valence-electron chi connectivity index (χ3n) is 3.96. The summed E-state index contributed by atoms with van der Waals surface area (Å²) in [6, 6.07) is 9.65. The van der Waals surface area contributed by atoms with Crippen LogP contribution in [0.5, 0.6) is 23.0 Å². The molecule has 0 unspecified atom stereocenters. The zero-order valence-electron chi connectivity index (χ0n) is 14.7. The number of hydrogen-bond donors (Lipinski definition) is 2. The van der Waals surface area contributed by atoms with Crippen molar-refractivity contribution >= 4 is 16.7 Å². The van der Waals surface area contributed by atoms with Crippen molar-refractivity contribution in [1.29, 1.82) is 0 Å². The zero-order chi connectivity index (χ0) is 18.7. The van der Waals surface area contributed by atoms with Crippen LogP contribution in [0.2, 0.25) is 0 Å². The molecule has 0 saturated carbocycles. The van der Waals surface area contributed by atoms with Crippen molar-refractivity contribution in [2.24, 2.45) is 0 Å². The number of nitrogens with one attached hydrogen (secondary N) is 1. The summed E-state index contributed by atoms with van der Waals surface area (Å²) >= 11 is 0. The van der Waals surface area contributed by atoms with Crippen molar-refractivity contribution < 1.29 is 23.7 Å². The first-order valence-electron chi connectivity index (χ1n) is 7.85. The van der Waals surface area contributed by atoms with Gasteiger partial charge in [0.25, 0.3) is 0 Å². The lowest BCUT2D eigenvalue weighted by Crippen LogP contribution is -2.06. The minimum absolute atomic E-state index is 0.0374. The number of methoxy groups -OCH3 is 3. The van der Waals surface area contributed by atoms with E-state index in [-0.39, 0.29) is 5.75 Å². The molecule has 0 aliphatic rings. The Kier molecular flexibility index (Phi) is 4.88. The van der Waals surface area contributed by atoms with Crippen LogP contribution in [0.15, 0.2) is 45.6 Å². The smallest absolute Gasteiger partial charge is 0.336 e. The molecule has 1 heterocycles. The first-order valence-corrected chi connectivity index (χ1v) is 7.85. The van der Waals surface area contributed by atoms with E-state index >= 15 is 0 Å². The normalized spacial score (nSPS) is 10.6. The Morgan fingerprint density at radius 2 is 1.69 bits per heavy atom. The number of aromatic hydroxyl groups is 1. The Morgan fingerprint density at radius 1 is 1.00 bits per heavy atom. The minimum Gasteiger partial charge on any atom is -0.508 e. The average molecular weight is 357 g/mol. The molecule has 0 atom stereocenters. The number of hydrogen-bond acceptors (Lipinski definition) is 7. The van der Waals surface area contributed by atoms with E-state index in [1.54, 1.807) is 38.5 Å². The second-order valence-corrected chi connectivity index (χ2v) is 5.54. The lowest BCUT2D eigenvalue weighted by atomic mass is 10.1. The first kappa shape index (κ1) is 17.5. The molecular formula is C19H19NO6. The van der Waals surface area contributed by atoms with E-state index in [4.69, 9.17) is 18.6 Å². The van der Waals surface area contributed by atoms with Crippen LogP contribution >= 0.6 is 0 Å². The summed E-state index contributed by atoms with van der Waals surface area (Å²) < 4.78 is 21.1. The molecule has 0 amide bonds. The Hall–Kier alpha value is -3.35. The minimum atomic E-state index is -0.482. The summed E-state index contributed by atoms with van der Waals surface area (Å²) in [6.07, 6.45) is 0. The average Bonchev–Trinajstić information content (AvgIpc) is 2.64. The number of phenolic OH excluding ortho intramolecular Hbond substituents is 1. The van der Waals surface area contributed by atoms with Crippen LogP contribution < -0.4 is 25.2 Å². The molecule has 0 aliphatic heterocycles. The third-order valence-corrected chi connectivity index (χ3v) is 3.96. The number of benzene rings is 2. The quantitative estimate of drug-likeness (QED) is 0.655. The number of rotatable bonds is 6. The molecule has 0 aliphatic carbocycles. The highest BCUT2D eigenvalue weighted by atomic mass is 16.5. The molecule has 0 fully saturated rings. The van der Waals surface area contributed by atoms with Gasteiger partial charge in [-0.2, -0.15) is 0 Å². The molecule has 0 radical (unpaired) electrons. The third kappa shape index (κ3) is 3.37. The van der Waals surface area contributed by atoms with Crippen LogP contribution in [-0.2, 0) is 6.54 Å². The molecule has 3 aromatic rings. The van der Waals surface area contributed by atoms with Gasteiger partial charge >= 0.3 is 5.63 Å². The van der Waals surface area contributed by atoms with Crippen molar-refractivity contribution in [3.63, 3.8) is 0 Å². The van der Waals surface area contributed by atoms with Crippen LogP contribution in [-0.4, -0.2) is 26.4 Å². The molecular weight excluding hydrogens is 338 g/mol. The lowest BCUT2D eigenvalue weighted by molar-refractivity contribution is 0.324. The van der Waals surface area contributed by atoms with Crippen molar-refractivity contribution in [1.82, 2.24) is 0 Å². The lowest BCUT2D eigenvalue weighted by Gasteiger charge is -2.15. The van der Waals surface area contributed by atoms with Gasteiger partial charge in [-0.1, -0.05) is 0 Å². The summed E-state index contributed by atoms with van der Waals surface area (Å²) in [5.74, 6) is 1.59. The summed E-state index contributed by atoms with van der Waals surface area (Å²) in [5, 5.41) is 13.5. The van der Waals surface area contributed by atoms with Crippen LogP contribution in [0.3, 0.4) is 0 Å². The fraction of sp³-hybridized carbons (Fsp3) is 0.211. The molecule has 7 heteroatoms. The fourth-order valence-electron chi connectivity index (χ4n) is 2.75. The van der Waals surface area contributed by atoms with E-state index in [0.29, 0.717) is 29.4 Å². The molecule has 0 bridgehead atoms. The van der Waals surface area contributed by atoms with Gasteiger partial charge in [-0.3, -0.25) is 0 Å². The van der Waals surface area contributed by atoms with E-state index in [9.17, 15) is 9.90 Å². The monoisotopic (exact) mass is 357 g/mol. The molecule has 7 nitrogen and oxygen atoms in total. The molecule has 0 spiro atoms. The summed E-state index contributed by atoms with van der Waals surface area (Å²) in [7, 11) is 4.63. The second kappa shape index (κ2) is 7.26. The molecule has 26 heavy (non-hydrogen) atoms. The van der Waals surface area contributed by atoms with Gasteiger partial charge in [-0.05, 0) is 17.7 Å². The van der Waals surface area contributed by atoms with Crippen LogP contribution in [0.25, 0.3) is 11.0 Å². The fourth-order valence-corrected chi connectivity index (χ4v) is 2.75. The first-order chi connectivity index (χ1) is 12.5. The maximum atomic E-state index is 11.8. The van der Waals surface area contributed by atoms with Gasteiger partial charge in [0.15, 0.2) is 11.5 Å². The van der Waals surface area contributed by atoms with E-state index in [1.165, 1.54) is 19.2 Å². The molecule has 1 aromatic heterocycles. The van der Waals surface area contributed by atoms with Gasteiger partial charge < -0.3 is 29.1 Å². The van der Waals surface area contributed by atoms with Gasteiger partial charge in [0, 0.05) is 41.9 Å². The standard InChI is InChI=1S/C19H19NO6/c1-23-16-7-12(8-17(24-2)19(16)25-3)20-10-11-6-18(22)26-15-9-13(21)4-5-14(11)15/h4-9,20-21H,10H2,1-3H3. The van der Waals surface area contributed by atoms with E-state index in [0.717, 1.165) is 16.6 Å². The van der Waals surface area contributed by atoms with Crippen LogP contribution in [0.1, 0.15) is 5.56 Å². The highest BCUT2D eigenvalue weighted by molar-refractivity contribution is 5.81. The van der Waals surface area contributed by atoms with Crippen molar-refractivity contribution in [3.05, 3.63) is 52.4 Å². The highest BCUT2D eigenvalue weighted by Gasteiger charge is 2.13. The van der Waals surface area contributed by atoms with Crippen LogP contribution in [0, 0.1) is 0 Å². The van der Waals surface area contributed by atoms with Gasteiger partial charge in [-0.15, -0.1) is 0 Å². The van der Waals surface area contributed by atoms with Gasteiger partial charge in [0.2, 0.25) is 5.75 Å².